The zero-order valence-electron chi connectivity index (χ0n) is 15.3. The van der Waals surface area contributed by atoms with Crippen LogP contribution in [0.1, 0.15) is 17.8 Å². The van der Waals surface area contributed by atoms with Crippen molar-refractivity contribution in [3.8, 4) is 0 Å². The van der Waals surface area contributed by atoms with E-state index in [1.807, 2.05) is 55.5 Å². The molecule has 146 valence electrons. The maximum absolute atomic E-state index is 12.1. The fraction of sp³-hybridized carbons (Fsp3) is 0.300. The molecule has 27 heavy (non-hydrogen) atoms. The Balaban J connectivity index is 0.00000182. The number of carbonyl (C=O) groups is 1. The van der Waals surface area contributed by atoms with Crippen molar-refractivity contribution in [3.05, 3.63) is 66.0 Å². The molecule has 3 rings (SSSR count). The van der Waals surface area contributed by atoms with Gasteiger partial charge in [-0.25, -0.2) is 4.98 Å². The highest BCUT2D eigenvalue weighted by molar-refractivity contribution is 5.85. The van der Waals surface area contributed by atoms with Crippen LogP contribution in [0.5, 0.6) is 0 Å². The van der Waals surface area contributed by atoms with Crippen LogP contribution in [0.25, 0.3) is 11.0 Å². The van der Waals surface area contributed by atoms with Crippen LogP contribution >= 0.6 is 24.8 Å². The van der Waals surface area contributed by atoms with Crippen molar-refractivity contribution in [3.63, 3.8) is 0 Å². The first-order chi connectivity index (χ1) is 12.1. The predicted octanol–water partition coefficient (Wildman–Crippen LogP) is 3.26. The molecule has 2 aromatic carbocycles. The van der Waals surface area contributed by atoms with E-state index in [0.29, 0.717) is 13.0 Å². The second kappa shape index (κ2) is 10.9. The van der Waals surface area contributed by atoms with Crippen molar-refractivity contribution < 1.29 is 4.79 Å². The molecule has 0 aliphatic carbocycles. The number of benzene rings is 2. The van der Waals surface area contributed by atoms with Gasteiger partial charge in [0.25, 0.3) is 0 Å². The molecule has 0 aliphatic heterocycles. The minimum atomic E-state index is -0.516. The molecular formula is C20H26Cl2N4O. The van der Waals surface area contributed by atoms with Gasteiger partial charge in [0.15, 0.2) is 0 Å². The zero-order valence-corrected chi connectivity index (χ0v) is 16.9. The Kier molecular flexibility index (Phi) is 9.29. The van der Waals surface area contributed by atoms with Gasteiger partial charge in [-0.3, -0.25) is 4.79 Å². The van der Waals surface area contributed by atoms with Crippen molar-refractivity contribution in [1.29, 1.82) is 0 Å². The molecule has 7 heteroatoms. The van der Waals surface area contributed by atoms with E-state index in [0.717, 1.165) is 35.4 Å². The summed E-state index contributed by atoms with van der Waals surface area (Å²) < 4.78 is 2.19. The van der Waals surface area contributed by atoms with E-state index in [2.05, 4.69) is 20.9 Å². The highest BCUT2D eigenvalue weighted by Gasteiger charge is 2.13. The topological polar surface area (TPSA) is 72.9 Å². The smallest absolute Gasteiger partial charge is 0.237 e. The first-order valence-electron chi connectivity index (χ1n) is 8.64. The van der Waals surface area contributed by atoms with Crippen molar-refractivity contribution in [1.82, 2.24) is 14.9 Å². The van der Waals surface area contributed by atoms with Gasteiger partial charge in [0, 0.05) is 13.1 Å². The number of hydrogen-bond donors (Lipinski definition) is 2. The number of amides is 1. The third-order valence-electron chi connectivity index (χ3n) is 4.34. The molecule has 0 bridgehead atoms. The minimum Gasteiger partial charge on any atom is -0.355 e. The maximum atomic E-state index is 12.1. The van der Waals surface area contributed by atoms with Crippen LogP contribution in [0.2, 0.25) is 0 Å². The molecule has 1 amide bonds. The summed E-state index contributed by atoms with van der Waals surface area (Å²) in [6.45, 7) is 3.43. The lowest BCUT2D eigenvalue weighted by atomic mass is 10.1. The monoisotopic (exact) mass is 408 g/mol. The van der Waals surface area contributed by atoms with Crippen LogP contribution < -0.4 is 11.1 Å². The van der Waals surface area contributed by atoms with Gasteiger partial charge in [-0.2, -0.15) is 0 Å². The average Bonchev–Trinajstić information content (AvgIpc) is 2.94. The number of para-hydroxylation sites is 2. The standard InChI is InChI=1S/C20H24N4O.2ClH/c1-15-23-18-10-5-6-11-19(18)24(15)13-7-12-22-20(25)17(21)14-16-8-3-2-4-9-16;;/h2-6,8-11,17H,7,12-14,21H2,1H3,(H,22,25);2*1H. The second-order valence-electron chi connectivity index (χ2n) is 6.24. The zero-order chi connectivity index (χ0) is 17.6. The number of aromatic nitrogens is 2. The van der Waals surface area contributed by atoms with Crippen LogP contribution in [0, 0.1) is 6.92 Å². The Morgan fingerprint density at radius 3 is 2.52 bits per heavy atom. The summed E-state index contributed by atoms with van der Waals surface area (Å²) in [4.78, 5) is 16.7. The van der Waals surface area contributed by atoms with Crippen molar-refractivity contribution in [2.75, 3.05) is 6.54 Å². The minimum absolute atomic E-state index is 0. The molecule has 3 aromatic rings. The lowest BCUT2D eigenvalue weighted by Crippen LogP contribution is -2.42. The van der Waals surface area contributed by atoms with Crippen LogP contribution in [-0.2, 0) is 17.8 Å². The van der Waals surface area contributed by atoms with E-state index in [1.54, 1.807) is 0 Å². The lowest BCUT2D eigenvalue weighted by molar-refractivity contribution is -0.122. The molecule has 3 N–H and O–H groups in total. The quantitative estimate of drug-likeness (QED) is 0.589. The first-order valence-corrected chi connectivity index (χ1v) is 8.64. The van der Waals surface area contributed by atoms with E-state index in [1.165, 1.54) is 0 Å². The summed E-state index contributed by atoms with van der Waals surface area (Å²) in [5.41, 5.74) is 9.21. The fourth-order valence-corrected chi connectivity index (χ4v) is 3.02. The number of nitrogens with one attached hydrogen (secondary N) is 1. The molecule has 1 atom stereocenters. The second-order valence-corrected chi connectivity index (χ2v) is 6.24. The highest BCUT2D eigenvalue weighted by Crippen LogP contribution is 2.15. The summed E-state index contributed by atoms with van der Waals surface area (Å²) >= 11 is 0. The summed E-state index contributed by atoms with van der Waals surface area (Å²) in [7, 11) is 0. The summed E-state index contributed by atoms with van der Waals surface area (Å²) in [6, 6.07) is 17.4. The Morgan fingerprint density at radius 2 is 1.78 bits per heavy atom. The molecule has 0 fully saturated rings. The van der Waals surface area contributed by atoms with Gasteiger partial charge in [0.1, 0.15) is 5.82 Å². The van der Waals surface area contributed by atoms with Gasteiger partial charge in [-0.1, -0.05) is 42.5 Å². The van der Waals surface area contributed by atoms with Gasteiger partial charge in [-0.05, 0) is 37.5 Å². The summed E-state index contributed by atoms with van der Waals surface area (Å²) in [6.07, 6.45) is 1.39. The molecule has 0 saturated heterocycles. The molecule has 0 saturated carbocycles. The number of imidazole rings is 1. The largest absolute Gasteiger partial charge is 0.355 e. The SMILES string of the molecule is Cc1nc2ccccc2n1CCCNC(=O)C(N)Cc1ccccc1.Cl.Cl. The number of rotatable bonds is 7. The molecule has 0 aliphatic rings. The van der Waals surface area contributed by atoms with Gasteiger partial charge in [0.05, 0.1) is 17.1 Å². The maximum Gasteiger partial charge on any atom is 0.237 e. The number of halogens is 2. The molecule has 0 spiro atoms. The lowest BCUT2D eigenvalue weighted by Gasteiger charge is -2.13. The van der Waals surface area contributed by atoms with Crippen LogP contribution in [0.3, 0.4) is 0 Å². The number of hydrogen-bond acceptors (Lipinski definition) is 3. The van der Waals surface area contributed by atoms with E-state index in [-0.39, 0.29) is 30.7 Å². The molecule has 5 nitrogen and oxygen atoms in total. The van der Waals surface area contributed by atoms with Gasteiger partial charge in [0.2, 0.25) is 5.91 Å². The number of nitrogens with zero attached hydrogens (tertiary/aromatic N) is 2. The van der Waals surface area contributed by atoms with Crippen LogP contribution in [0.4, 0.5) is 0 Å². The molecule has 0 radical (unpaired) electrons. The van der Waals surface area contributed by atoms with E-state index < -0.39 is 6.04 Å². The number of nitrogens with two attached hydrogens (primary N) is 1. The van der Waals surface area contributed by atoms with Crippen LogP contribution in [-0.4, -0.2) is 28.0 Å². The van der Waals surface area contributed by atoms with Gasteiger partial charge >= 0.3 is 0 Å². The number of carbonyl (C=O) groups excluding carboxylic acids is 1. The van der Waals surface area contributed by atoms with E-state index >= 15 is 0 Å². The van der Waals surface area contributed by atoms with Gasteiger partial charge in [-0.15, -0.1) is 24.8 Å². The van der Waals surface area contributed by atoms with Crippen LogP contribution in [0.15, 0.2) is 54.6 Å². The third kappa shape index (κ3) is 5.96. The fourth-order valence-electron chi connectivity index (χ4n) is 3.02. The molecule has 1 aromatic heterocycles. The Morgan fingerprint density at radius 1 is 1.11 bits per heavy atom. The normalized spacial score (nSPS) is 11.3. The molecular weight excluding hydrogens is 383 g/mol. The molecule has 1 heterocycles. The Hall–Kier alpha value is -2.08. The van der Waals surface area contributed by atoms with Crippen molar-refractivity contribution >= 4 is 41.8 Å². The Bertz CT molecular complexity index is 852. The van der Waals surface area contributed by atoms with E-state index in [4.69, 9.17) is 5.73 Å². The van der Waals surface area contributed by atoms with Crippen molar-refractivity contribution in [2.24, 2.45) is 5.73 Å². The average molecular weight is 409 g/mol. The summed E-state index contributed by atoms with van der Waals surface area (Å²) in [5, 5.41) is 2.93. The first kappa shape index (κ1) is 23.0. The Labute approximate surface area is 172 Å². The van der Waals surface area contributed by atoms with Gasteiger partial charge < -0.3 is 15.6 Å². The third-order valence-corrected chi connectivity index (χ3v) is 4.34. The highest BCUT2D eigenvalue weighted by atomic mass is 35.5. The number of aryl methyl sites for hydroxylation is 2. The van der Waals surface area contributed by atoms with E-state index in [9.17, 15) is 4.79 Å². The predicted molar refractivity (Wildman–Crippen MR) is 115 cm³/mol. The summed E-state index contributed by atoms with van der Waals surface area (Å²) in [5.74, 6) is 0.893. The number of fused-ring (bicyclic) bond motifs is 1. The molecule has 1 unspecified atom stereocenters. The van der Waals surface area contributed by atoms with Crippen molar-refractivity contribution in [2.45, 2.75) is 32.4 Å².